The van der Waals surface area contributed by atoms with Gasteiger partial charge in [0.25, 0.3) is 0 Å². The summed E-state index contributed by atoms with van der Waals surface area (Å²) in [5, 5.41) is 5.18. The number of anilines is 3. The van der Waals surface area contributed by atoms with Crippen molar-refractivity contribution in [2.24, 2.45) is 0 Å². The second kappa shape index (κ2) is 13.7. The second-order valence-electron chi connectivity index (χ2n) is 13.7. The summed E-state index contributed by atoms with van der Waals surface area (Å²) in [7, 11) is 0. The first-order valence-electron chi connectivity index (χ1n) is 18.4. The number of fused-ring (bicyclic) bond motifs is 5. The molecule has 9 aromatic carbocycles. The minimum absolute atomic E-state index is 1.11. The van der Waals surface area contributed by atoms with Gasteiger partial charge < -0.3 is 4.90 Å². The summed E-state index contributed by atoms with van der Waals surface area (Å²) < 4.78 is 2.64. The summed E-state index contributed by atoms with van der Waals surface area (Å²) in [4.78, 5) is 2.39. The standard InChI is InChI=1S/C52H35NS/c1-3-11-36(12-4-1)38-19-21-41(22-20-38)46-16-9-10-17-47(46)42-25-30-44(31-26-42)53(43-28-23-39(24-29-43)37-13-5-2-6-14-37)45-32-34-51-50(35-45)49-33-27-40-15-7-8-18-48(40)52(49)54-51/h1-35H. The Morgan fingerprint density at radius 1 is 0.296 bits per heavy atom. The minimum Gasteiger partial charge on any atom is -0.310 e. The van der Waals surface area contributed by atoms with Crippen LogP contribution in [0.5, 0.6) is 0 Å². The Morgan fingerprint density at radius 2 is 0.759 bits per heavy atom. The fourth-order valence-corrected chi connectivity index (χ4v) is 8.98. The molecule has 0 aliphatic rings. The summed E-state index contributed by atoms with van der Waals surface area (Å²) in [6, 6.07) is 77.0. The summed E-state index contributed by atoms with van der Waals surface area (Å²) in [6.45, 7) is 0. The largest absolute Gasteiger partial charge is 0.310 e. The van der Waals surface area contributed by atoms with Crippen LogP contribution in [0.1, 0.15) is 0 Å². The molecular formula is C52H35NS. The molecule has 1 heterocycles. The minimum atomic E-state index is 1.11. The first-order valence-corrected chi connectivity index (χ1v) is 19.2. The van der Waals surface area contributed by atoms with E-state index in [-0.39, 0.29) is 0 Å². The van der Waals surface area contributed by atoms with Crippen LogP contribution in [0.25, 0.3) is 75.5 Å². The molecule has 0 amide bonds. The molecule has 0 aliphatic heterocycles. The van der Waals surface area contributed by atoms with Crippen LogP contribution in [-0.2, 0) is 0 Å². The zero-order chi connectivity index (χ0) is 35.8. The van der Waals surface area contributed by atoms with Gasteiger partial charge >= 0.3 is 0 Å². The molecule has 1 nitrogen and oxygen atoms in total. The summed E-state index contributed by atoms with van der Waals surface area (Å²) >= 11 is 1.88. The maximum absolute atomic E-state index is 2.39. The van der Waals surface area contributed by atoms with Crippen LogP contribution in [0.2, 0.25) is 0 Å². The third kappa shape index (κ3) is 5.84. The van der Waals surface area contributed by atoms with Gasteiger partial charge in [-0.25, -0.2) is 0 Å². The van der Waals surface area contributed by atoms with E-state index in [1.807, 2.05) is 11.3 Å². The number of benzene rings is 9. The normalized spacial score (nSPS) is 11.3. The maximum atomic E-state index is 2.39. The molecule has 0 radical (unpaired) electrons. The van der Waals surface area contributed by atoms with Gasteiger partial charge in [0.15, 0.2) is 0 Å². The molecule has 0 bridgehead atoms. The van der Waals surface area contributed by atoms with Gasteiger partial charge in [-0.15, -0.1) is 11.3 Å². The highest BCUT2D eigenvalue weighted by molar-refractivity contribution is 7.26. The lowest BCUT2D eigenvalue weighted by Crippen LogP contribution is -2.09. The molecule has 0 atom stereocenters. The van der Waals surface area contributed by atoms with E-state index in [1.54, 1.807) is 0 Å². The van der Waals surface area contributed by atoms with Gasteiger partial charge in [0, 0.05) is 37.2 Å². The van der Waals surface area contributed by atoms with Crippen LogP contribution >= 0.6 is 11.3 Å². The molecule has 54 heavy (non-hydrogen) atoms. The van der Waals surface area contributed by atoms with E-state index in [9.17, 15) is 0 Å². The van der Waals surface area contributed by atoms with Crippen molar-refractivity contribution < 1.29 is 0 Å². The Bertz CT molecular complexity index is 2890. The van der Waals surface area contributed by atoms with Crippen LogP contribution in [0.15, 0.2) is 212 Å². The molecule has 0 saturated heterocycles. The molecule has 0 spiro atoms. The van der Waals surface area contributed by atoms with Crippen LogP contribution in [0.3, 0.4) is 0 Å². The van der Waals surface area contributed by atoms with Crippen LogP contribution in [0, 0.1) is 0 Å². The van der Waals surface area contributed by atoms with E-state index in [4.69, 9.17) is 0 Å². The van der Waals surface area contributed by atoms with E-state index in [1.165, 1.54) is 75.5 Å². The highest BCUT2D eigenvalue weighted by Crippen LogP contribution is 2.43. The quantitative estimate of drug-likeness (QED) is 0.160. The predicted octanol–water partition coefficient (Wildman–Crippen LogP) is 15.3. The molecule has 0 fully saturated rings. The molecule has 10 rings (SSSR count). The first-order chi connectivity index (χ1) is 26.8. The second-order valence-corrected chi connectivity index (χ2v) is 14.8. The Labute approximate surface area is 319 Å². The van der Waals surface area contributed by atoms with Gasteiger partial charge in [0.2, 0.25) is 0 Å². The average molecular weight is 706 g/mol. The van der Waals surface area contributed by atoms with Crippen molar-refractivity contribution >= 4 is 59.3 Å². The van der Waals surface area contributed by atoms with Crippen molar-refractivity contribution in [3.63, 3.8) is 0 Å². The molecular weight excluding hydrogens is 671 g/mol. The monoisotopic (exact) mass is 705 g/mol. The summed E-state index contributed by atoms with van der Waals surface area (Å²) in [5.41, 5.74) is 13.1. The van der Waals surface area contributed by atoms with E-state index >= 15 is 0 Å². The van der Waals surface area contributed by atoms with Gasteiger partial charge in [0.1, 0.15) is 0 Å². The Balaban J connectivity index is 1.05. The van der Waals surface area contributed by atoms with E-state index in [0.717, 1.165) is 17.1 Å². The highest BCUT2D eigenvalue weighted by atomic mass is 32.1. The number of thiophene rings is 1. The van der Waals surface area contributed by atoms with Crippen LogP contribution in [-0.4, -0.2) is 0 Å². The molecule has 0 N–H and O–H groups in total. The molecule has 10 aromatic rings. The van der Waals surface area contributed by atoms with Crippen molar-refractivity contribution in [1.82, 2.24) is 0 Å². The molecule has 0 unspecified atom stereocenters. The van der Waals surface area contributed by atoms with Crippen LogP contribution in [0.4, 0.5) is 17.1 Å². The summed E-state index contributed by atoms with van der Waals surface area (Å²) in [5.74, 6) is 0. The lowest BCUT2D eigenvalue weighted by molar-refractivity contribution is 1.29. The number of hydrogen-bond acceptors (Lipinski definition) is 2. The molecule has 0 saturated carbocycles. The highest BCUT2D eigenvalue weighted by Gasteiger charge is 2.17. The lowest BCUT2D eigenvalue weighted by atomic mass is 9.93. The zero-order valence-electron chi connectivity index (χ0n) is 29.6. The van der Waals surface area contributed by atoms with E-state index in [0.29, 0.717) is 0 Å². The molecule has 254 valence electrons. The van der Waals surface area contributed by atoms with Gasteiger partial charge in [-0.1, -0.05) is 170 Å². The van der Waals surface area contributed by atoms with Crippen molar-refractivity contribution in [3.8, 4) is 44.5 Å². The molecule has 2 heteroatoms. The maximum Gasteiger partial charge on any atom is 0.0468 e. The van der Waals surface area contributed by atoms with Gasteiger partial charge in [-0.2, -0.15) is 0 Å². The van der Waals surface area contributed by atoms with E-state index in [2.05, 4.69) is 217 Å². The smallest absolute Gasteiger partial charge is 0.0468 e. The van der Waals surface area contributed by atoms with Crippen molar-refractivity contribution in [2.45, 2.75) is 0 Å². The van der Waals surface area contributed by atoms with Crippen molar-refractivity contribution in [1.29, 1.82) is 0 Å². The lowest BCUT2D eigenvalue weighted by Gasteiger charge is -2.26. The zero-order valence-corrected chi connectivity index (χ0v) is 30.4. The number of nitrogens with zero attached hydrogens (tertiary/aromatic N) is 1. The number of rotatable bonds is 7. The SMILES string of the molecule is c1ccc(-c2ccc(-c3ccccc3-c3ccc(N(c4ccc(-c5ccccc5)cc4)c4ccc5sc6c7ccccc7ccc6c5c4)cc3)cc2)cc1. The van der Waals surface area contributed by atoms with Crippen molar-refractivity contribution in [2.75, 3.05) is 4.90 Å². The van der Waals surface area contributed by atoms with Gasteiger partial charge in [-0.05, 0) is 97.7 Å². The van der Waals surface area contributed by atoms with Gasteiger partial charge in [0.05, 0.1) is 0 Å². The van der Waals surface area contributed by atoms with Gasteiger partial charge in [-0.3, -0.25) is 0 Å². The Kier molecular flexibility index (Phi) is 8.09. The average Bonchev–Trinajstić information content (AvgIpc) is 3.64. The van der Waals surface area contributed by atoms with Crippen molar-refractivity contribution in [3.05, 3.63) is 212 Å². The third-order valence-electron chi connectivity index (χ3n) is 10.5. The topological polar surface area (TPSA) is 3.24 Å². The molecule has 1 aromatic heterocycles. The van der Waals surface area contributed by atoms with E-state index < -0.39 is 0 Å². The summed E-state index contributed by atoms with van der Waals surface area (Å²) in [6.07, 6.45) is 0. The third-order valence-corrected chi connectivity index (χ3v) is 11.7. The fraction of sp³-hybridized carbons (Fsp3) is 0. The molecule has 0 aliphatic carbocycles. The Morgan fingerprint density at radius 3 is 1.37 bits per heavy atom. The fourth-order valence-electron chi connectivity index (χ4n) is 7.76. The number of hydrogen-bond donors (Lipinski definition) is 0. The Hall–Kier alpha value is -6.74. The predicted molar refractivity (Wildman–Crippen MR) is 233 cm³/mol. The first kappa shape index (κ1) is 32.0. The van der Waals surface area contributed by atoms with Crippen LogP contribution < -0.4 is 4.90 Å².